The Morgan fingerprint density at radius 2 is 1.81 bits per heavy atom. The van der Waals surface area contributed by atoms with Crippen LogP contribution in [-0.4, -0.2) is 23.1 Å². The number of nitrogens with zero attached hydrogens (tertiary/aromatic N) is 3. The van der Waals surface area contributed by atoms with Gasteiger partial charge in [-0.2, -0.15) is 14.9 Å². The van der Waals surface area contributed by atoms with Crippen LogP contribution in [0.1, 0.15) is 5.56 Å². The van der Waals surface area contributed by atoms with Crippen molar-refractivity contribution in [2.45, 2.75) is 0 Å². The van der Waals surface area contributed by atoms with Gasteiger partial charge in [0.2, 0.25) is 0 Å². The number of nitrogens with one attached hydrogen (secondary N) is 1. The zero-order chi connectivity index (χ0) is 18.5. The van der Waals surface area contributed by atoms with Crippen LogP contribution in [0.15, 0.2) is 64.6 Å². The second-order valence-electron chi connectivity index (χ2n) is 5.21. The van der Waals surface area contributed by atoms with Crippen molar-refractivity contribution in [1.82, 2.24) is 9.78 Å². The first-order chi connectivity index (χ1) is 12.6. The summed E-state index contributed by atoms with van der Waals surface area (Å²) in [6, 6.07) is 14.1. The molecular weight excluding hydrogens is 375 g/mol. The molecule has 26 heavy (non-hydrogen) atoms. The van der Waals surface area contributed by atoms with Gasteiger partial charge in [-0.1, -0.05) is 35.3 Å². The molecule has 0 aliphatic heterocycles. The van der Waals surface area contributed by atoms with E-state index in [2.05, 4.69) is 15.6 Å². The molecular formula is C18H14Cl2N4O2. The fourth-order valence-corrected chi connectivity index (χ4v) is 2.44. The van der Waals surface area contributed by atoms with E-state index in [4.69, 9.17) is 27.9 Å². The van der Waals surface area contributed by atoms with Crippen molar-refractivity contribution >= 4 is 35.1 Å². The van der Waals surface area contributed by atoms with E-state index in [-0.39, 0.29) is 5.02 Å². The molecule has 1 heterocycles. The molecule has 0 aliphatic carbocycles. The SMILES string of the molecule is COc1ccc(-n2ncc(N/N=C\c3ccc(Cl)cc3)c(Cl)c2=O)cc1. The smallest absolute Gasteiger partial charge is 0.292 e. The first kappa shape index (κ1) is 18.0. The average Bonchev–Trinajstić information content (AvgIpc) is 2.67. The highest BCUT2D eigenvalue weighted by Crippen LogP contribution is 2.18. The van der Waals surface area contributed by atoms with Crippen LogP contribution < -0.4 is 15.7 Å². The number of hydrogen-bond donors (Lipinski definition) is 1. The summed E-state index contributed by atoms with van der Waals surface area (Å²) < 4.78 is 6.30. The van der Waals surface area contributed by atoms with Gasteiger partial charge in [-0.3, -0.25) is 10.2 Å². The summed E-state index contributed by atoms with van der Waals surface area (Å²) in [5.74, 6) is 0.683. The van der Waals surface area contributed by atoms with Crippen molar-refractivity contribution in [2.24, 2.45) is 5.10 Å². The fourth-order valence-electron chi connectivity index (χ4n) is 2.14. The van der Waals surface area contributed by atoms with Crippen LogP contribution in [0, 0.1) is 0 Å². The lowest BCUT2D eigenvalue weighted by molar-refractivity contribution is 0.414. The van der Waals surface area contributed by atoms with Gasteiger partial charge in [0.15, 0.2) is 0 Å². The number of ether oxygens (including phenoxy) is 1. The molecule has 0 unspecified atom stereocenters. The molecule has 1 aromatic heterocycles. The first-order valence-corrected chi connectivity index (χ1v) is 8.31. The van der Waals surface area contributed by atoms with Gasteiger partial charge >= 0.3 is 0 Å². The molecule has 0 saturated carbocycles. The van der Waals surface area contributed by atoms with Crippen LogP contribution >= 0.6 is 23.2 Å². The maximum Gasteiger partial charge on any atom is 0.292 e. The molecule has 3 rings (SSSR count). The number of hydrogen-bond acceptors (Lipinski definition) is 5. The number of aromatic nitrogens is 2. The third-order valence-electron chi connectivity index (χ3n) is 3.50. The molecule has 0 atom stereocenters. The quantitative estimate of drug-likeness (QED) is 0.529. The van der Waals surface area contributed by atoms with E-state index >= 15 is 0 Å². The van der Waals surface area contributed by atoms with Crippen molar-refractivity contribution in [3.05, 3.63) is 80.7 Å². The van der Waals surface area contributed by atoms with Gasteiger partial charge in [-0.05, 0) is 42.0 Å². The predicted molar refractivity (Wildman–Crippen MR) is 104 cm³/mol. The first-order valence-electron chi connectivity index (χ1n) is 7.55. The van der Waals surface area contributed by atoms with E-state index in [1.807, 2.05) is 12.1 Å². The summed E-state index contributed by atoms with van der Waals surface area (Å²) >= 11 is 12.0. The number of methoxy groups -OCH3 is 1. The Kier molecular flexibility index (Phi) is 5.55. The molecule has 0 radical (unpaired) electrons. The second kappa shape index (κ2) is 8.03. The molecule has 0 aliphatic rings. The van der Waals surface area contributed by atoms with Gasteiger partial charge in [0.05, 0.1) is 25.2 Å². The summed E-state index contributed by atoms with van der Waals surface area (Å²) in [7, 11) is 1.57. The number of benzene rings is 2. The highest BCUT2D eigenvalue weighted by molar-refractivity contribution is 6.33. The van der Waals surface area contributed by atoms with Crippen molar-refractivity contribution < 1.29 is 4.74 Å². The maximum absolute atomic E-state index is 12.4. The van der Waals surface area contributed by atoms with Crippen LogP contribution in [0.3, 0.4) is 0 Å². The van der Waals surface area contributed by atoms with Crippen molar-refractivity contribution in [2.75, 3.05) is 12.5 Å². The van der Waals surface area contributed by atoms with E-state index in [9.17, 15) is 4.79 Å². The molecule has 0 amide bonds. The Labute approximate surface area is 159 Å². The standard InChI is InChI=1S/C18H14Cl2N4O2/c1-26-15-8-6-14(7-9-15)24-18(25)17(20)16(11-22-24)23-21-10-12-2-4-13(19)5-3-12/h2-11,23H,1H3/b21-10-. The topological polar surface area (TPSA) is 68.5 Å². The van der Waals surface area contributed by atoms with Gasteiger partial charge in [-0.15, -0.1) is 0 Å². The predicted octanol–water partition coefficient (Wildman–Crippen LogP) is 3.99. The molecule has 6 nitrogen and oxygen atoms in total. The molecule has 2 aromatic carbocycles. The van der Waals surface area contributed by atoms with Gasteiger partial charge in [0.1, 0.15) is 16.5 Å². The third-order valence-corrected chi connectivity index (χ3v) is 4.12. The Morgan fingerprint density at radius 1 is 1.12 bits per heavy atom. The zero-order valence-electron chi connectivity index (χ0n) is 13.7. The van der Waals surface area contributed by atoms with Crippen molar-refractivity contribution in [3.8, 4) is 11.4 Å². The molecule has 8 heteroatoms. The Morgan fingerprint density at radius 3 is 2.46 bits per heavy atom. The van der Waals surface area contributed by atoms with Gasteiger partial charge in [0, 0.05) is 5.02 Å². The highest BCUT2D eigenvalue weighted by Gasteiger charge is 2.10. The van der Waals surface area contributed by atoms with E-state index in [1.165, 1.54) is 10.9 Å². The van der Waals surface area contributed by atoms with Crippen LogP contribution in [0.2, 0.25) is 10.0 Å². The van der Waals surface area contributed by atoms with E-state index < -0.39 is 5.56 Å². The lowest BCUT2D eigenvalue weighted by Crippen LogP contribution is -2.22. The molecule has 0 bridgehead atoms. The molecule has 3 aromatic rings. The number of halogens is 2. The van der Waals surface area contributed by atoms with Crippen LogP contribution in [-0.2, 0) is 0 Å². The van der Waals surface area contributed by atoms with Crippen LogP contribution in [0.5, 0.6) is 5.75 Å². The highest BCUT2D eigenvalue weighted by atomic mass is 35.5. The Hall–Kier alpha value is -2.83. The number of rotatable bonds is 5. The summed E-state index contributed by atoms with van der Waals surface area (Å²) in [6.07, 6.45) is 3.02. The van der Waals surface area contributed by atoms with Gasteiger partial charge < -0.3 is 4.74 Å². The van der Waals surface area contributed by atoms with E-state index in [1.54, 1.807) is 49.7 Å². The monoisotopic (exact) mass is 388 g/mol. The average molecular weight is 389 g/mol. The maximum atomic E-state index is 12.4. The molecule has 0 fully saturated rings. The summed E-state index contributed by atoms with van der Waals surface area (Å²) in [6.45, 7) is 0. The Balaban J connectivity index is 1.80. The summed E-state index contributed by atoms with van der Waals surface area (Å²) in [5, 5.41) is 8.82. The molecule has 0 saturated heterocycles. The van der Waals surface area contributed by atoms with E-state index in [0.29, 0.717) is 22.1 Å². The molecule has 0 spiro atoms. The van der Waals surface area contributed by atoms with Gasteiger partial charge in [0.25, 0.3) is 5.56 Å². The lowest BCUT2D eigenvalue weighted by atomic mass is 10.2. The Bertz CT molecular complexity index is 984. The van der Waals surface area contributed by atoms with Crippen LogP contribution in [0.4, 0.5) is 5.69 Å². The summed E-state index contributed by atoms with van der Waals surface area (Å²) in [4.78, 5) is 12.4. The minimum atomic E-state index is -0.455. The zero-order valence-corrected chi connectivity index (χ0v) is 15.2. The third kappa shape index (κ3) is 4.04. The summed E-state index contributed by atoms with van der Waals surface area (Å²) in [5.41, 5.74) is 4.00. The molecule has 1 N–H and O–H groups in total. The lowest BCUT2D eigenvalue weighted by Gasteiger charge is -2.08. The minimum Gasteiger partial charge on any atom is -0.497 e. The minimum absolute atomic E-state index is 0.0101. The fraction of sp³-hybridized carbons (Fsp3) is 0.0556. The van der Waals surface area contributed by atoms with E-state index in [0.717, 1.165) is 5.56 Å². The number of hydrazone groups is 1. The normalized spacial score (nSPS) is 10.9. The van der Waals surface area contributed by atoms with Crippen molar-refractivity contribution in [3.63, 3.8) is 0 Å². The number of anilines is 1. The largest absolute Gasteiger partial charge is 0.497 e. The van der Waals surface area contributed by atoms with Crippen LogP contribution in [0.25, 0.3) is 5.69 Å². The van der Waals surface area contributed by atoms with Crippen molar-refractivity contribution in [1.29, 1.82) is 0 Å². The molecule has 132 valence electrons. The second-order valence-corrected chi connectivity index (χ2v) is 6.02. The van der Waals surface area contributed by atoms with Gasteiger partial charge in [-0.25, -0.2) is 0 Å².